The molecule has 0 radical (unpaired) electrons. The largest absolute Gasteiger partial charge is 0.463 e. The van der Waals surface area contributed by atoms with E-state index in [0.717, 1.165) is 11.8 Å². The van der Waals surface area contributed by atoms with Crippen molar-refractivity contribution >= 4 is 52.9 Å². The van der Waals surface area contributed by atoms with Gasteiger partial charge in [-0.3, -0.25) is 14.4 Å². The van der Waals surface area contributed by atoms with E-state index in [4.69, 9.17) is 42.1 Å². The van der Waals surface area contributed by atoms with Gasteiger partial charge in [-0.1, -0.05) is 35.0 Å². The number of thioether (sulfide) groups is 1. The lowest BCUT2D eigenvalue weighted by Gasteiger charge is -2.36. The van der Waals surface area contributed by atoms with Crippen molar-refractivity contribution in [1.29, 1.82) is 0 Å². The third kappa shape index (κ3) is 6.34. The molecule has 30 heavy (non-hydrogen) atoms. The molecule has 0 aliphatic carbocycles. The molecule has 0 fully saturated rings. The molecule has 0 bridgehead atoms. The minimum atomic E-state index is -0.951. The first-order valence-electron chi connectivity index (χ1n) is 8.66. The van der Waals surface area contributed by atoms with Gasteiger partial charge in [-0.05, 0) is 19.1 Å². The summed E-state index contributed by atoms with van der Waals surface area (Å²) in [6.07, 6.45) is -1.82. The molecule has 1 aromatic rings. The molecule has 164 valence electrons. The van der Waals surface area contributed by atoms with Gasteiger partial charge in [-0.15, -0.1) is 0 Å². The molecular formula is C19H19Cl2FO7S. The van der Waals surface area contributed by atoms with Crippen molar-refractivity contribution in [3.8, 4) is 0 Å². The number of hydrogen-bond donors (Lipinski definition) is 0. The molecule has 7 nitrogen and oxygen atoms in total. The molecule has 0 N–H and O–H groups in total. The van der Waals surface area contributed by atoms with Crippen LogP contribution in [-0.2, 0) is 33.3 Å². The van der Waals surface area contributed by atoms with Crippen LogP contribution in [0, 0.1) is 5.82 Å². The normalized spacial score (nSPS) is 21.2. The van der Waals surface area contributed by atoms with E-state index in [1.165, 1.54) is 32.9 Å². The first kappa shape index (κ1) is 24.5. The Labute approximate surface area is 186 Å². The molecule has 1 aliphatic heterocycles. The van der Waals surface area contributed by atoms with Crippen LogP contribution in [-0.4, -0.2) is 42.2 Å². The van der Waals surface area contributed by atoms with Gasteiger partial charge in [0.25, 0.3) is 0 Å². The molecule has 1 aliphatic rings. The van der Waals surface area contributed by atoms with Crippen molar-refractivity contribution in [1.82, 2.24) is 0 Å². The molecule has 0 aromatic heterocycles. The van der Waals surface area contributed by atoms with Crippen LogP contribution in [0.15, 0.2) is 28.4 Å². The van der Waals surface area contributed by atoms with E-state index in [2.05, 4.69) is 0 Å². The van der Waals surface area contributed by atoms with Crippen LogP contribution in [0.1, 0.15) is 27.7 Å². The average molecular weight is 481 g/mol. The number of benzene rings is 1. The Morgan fingerprint density at radius 1 is 1.10 bits per heavy atom. The number of rotatable bonds is 6. The summed E-state index contributed by atoms with van der Waals surface area (Å²) in [4.78, 5) is 34.9. The summed E-state index contributed by atoms with van der Waals surface area (Å²) in [6.45, 7) is 5.04. The maximum absolute atomic E-state index is 13.7. The smallest absolute Gasteiger partial charge is 0.307 e. The van der Waals surface area contributed by atoms with Gasteiger partial charge in [0.05, 0.1) is 10.0 Å². The summed E-state index contributed by atoms with van der Waals surface area (Å²) in [7, 11) is 0. The van der Waals surface area contributed by atoms with E-state index in [9.17, 15) is 18.8 Å². The van der Waals surface area contributed by atoms with Gasteiger partial charge in [0.1, 0.15) is 18.5 Å². The van der Waals surface area contributed by atoms with E-state index in [0.29, 0.717) is 10.5 Å². The minimum absolute atomic E-state index is 0.106. The van der Waals surface area contributed by atoms with Gasteiger partial charge in [-0.2, -0.15) is 0 Å². The van der Waals surface area contributed by atoms with Crippen molar-refractivity contribution in [3.63, 3.8) is 0 Å². The Balaban J connectivity index is 2.44. The monoisotopic (exact) mass is 480 g/mol. The lowest BCUT2D eigenvalue weighted by molar-refractivity contribution is -0.164. The highest BCUT2D eigenvalue weighted by Crippen LogP contribution is 2.40. The van der Waals surface area contributed by atoms with Crippen molar-refractivity contribution in [2.24, 2.45) is 0 Å². The van der Waals surface area contributed by atoms with Crippen molar-refractivity contribution in [3.05, 3.63) is 39.3 Å². The Bertz CT molecular complexity index is 867. The molecular weight excluding hydrogens is 462 g/mol. The zero-order valence-corrected chi connectivity index (χ0v) is 18.8. The Hall–Kier alpha value is -1.81. The number of esters is 3. The fourth-order valence-electron chi connectivity index (χ4n) is 2.65. The molecule has 0 saturated carbocycles. The highest BCUT2D eigenvalue weighted by atomic mass is 35.5. The molecule has 0 saturated heterocycles. The summed E-state index contributed by atoms with van der Waals surface area (Å²) in [5.74, 6) is -2.42. The van der Waals surface area contributed by atoms with E-state index < -0.39 is 41.4 Å². The van der Waals surface area contributed by atoms with Gasteiger partial charge in [0.2, 0.25) is 0 Å². The van der Waals surface area contributed by atoms with Crippen LogP contribution in [0.4, 0.5) is 4.39 Å². The average Bonchev–Trinajstić information content (AvgIpc) is 2.63. The molecule has 1 aromatic carbocycles. The zero-order valence-electron chi connectivity index (χ0n) is 16.5. The van der Waals surface area contributed by atoms with Crippen molar-refractivity contribution in [2.75, 3.05) is 6.61 Å². The van der Waals surface area contributed by atoms with Gasteiger partial charge in [0.15, 0.2) is 17.4 Å². The summed E-state index contributed by atoms with van der Waals surface area (Å²) in [5.41, 5.74) is -0.514. The minimum Gasteiger partial charge on any atom is -0.463 e. The third-order valence-electron chi connectivity index (χ3n) is 3.86. The van der Waals surface area contributed by atoms with Crippen LogP contribution >= 0.6 is 35.0 Å². The molecule has 11 heteroatoms. The molecule has 2 rings (SSSR count). The maximum Gasteiger partial charge on any atom is 0.307 e. The van der Waals surface area contributed by atoms with Crippen LogP contribution in [0.5, 0.6) is 0 Å². The Morgan fingerprint density at radius 2 is 1.70 bits per heavy atom. The Kier molecular flexibility index (Phi) is 8.54. The van der Waals surface area contributed by atoms with E-state index in [1.807, 2.05) is 0 Å². The lowest BCUT2D eigenvalue weighted by Crippen LogP contribution is -2.45. The van der Waals surface area contributed by atoms with Crippen LogP contribution in [0.25, 0.3) is 0 Å². The van der Waals surface area contributed by atoms with Crippen molar-refractivity contribution < 1.29 is 37.7 Å². The molecule has 1 unspecified atom stereocenters. The SMILES string of the molecule is CC(=O)OCC1O[C@H](Sc2cc(Cl)c(F)c(Cl)c2)C(OC(C)=O)=C(C)[C@H]1OC(C)=O. The molecule has 3 atom stereocenters. The van der Waals surface area contributed by atoms with E-state index >= 15 is 0 Å². The molecule has 0 amide bonds. The third-order valence-corrected chi connectivity index (χ3v) is 5.46. The van der Waals surface area contributed by atoms with Gasteiger partial charge in [-0.25, -0.2) is 4.39 Å². The topological polar surface area (TPSA) is 88.1 Å². The second kappa shape index (κ2) is 10.5. The number of halogens is 3. The summed E-state index contributed by atoms with van der Waals surface area (Å²) < 4.78 is 35.3. The highest BCUT2D eigenvalue weighted by Gasteiger charge is 2.41. The van der Waals surface area contributed by atoms with Crippen LogP contribution in [0.2, 0.25) is 10.0 Å². The summed E-state index contributed by atoms with van der Waals surface area (Å²) in [6, 6.07) is 2.69. The van der Waals surface area contributed by atoms with Gasteiger partial charge in [0, 0.05) is 31.2 Å². The number of hydrogen-bond acceptors (Lipinski definition) is 8. The predicted molar refractivity (Wildman–Crippen MR) is 108 cm³/mol. The summed E-state index contributed by atoms with van der Waals surface area (Å²) in [5, 5.41) is -0.380. The van der Waals surface area contributed by atoms with E-state index in [1.54, 1.807) is 6.92 Å². The second-order valence-electron chi connectivity index (χ2n) is 6.30. The summed E-state index contributed by atoms with van der Waals surface area (Å²) >= 11 is 12.7. The van der Waals surface area contributed by atoms with Crippen LogP contribution in [0.3, 0.4) is 0 Å². The predicted octanol–water partition coefficient (Wildman–Crippen LogP) is 4.28. The lowest BCUT2D eigenvalue weighted by atomic mass is 10.0. The van der Waals surface area contributed by atoms with Crippen molar-refractivity contribution in [2.45, 2.75) is 50.2 Å². The fraction of sp³-hybridized carbons (Fsp3) is 0.421. The van der Waals surface area contributed by atoms with Gasteiger partial charge >= 0.3 is 17.9 Å². The standard InChI is InChI=1S/C19H19Cl2FO7S/c1-8-17(27-10(3)24)15(7-26-9(2)23)29-19(18(8)28-11(4)25)30-12-5-13(20)16(22)14(21)6-12/h5-6,15,17,19H,7H2,1-4H3/t15?,17-,19-/m1/s1. The highest BCUT2D eigenvalue weighted by molar-refractivity contribution is 8.00. The fourth-order valence-corrected chi connectivity index (χ4v) is 4.43. The second-order valence-corrected chi connectivity index (χ2v) is 8.25. The quantitative estimate of drug-likeness (QED) is 0.338. The molecule has 1 heterocycles. The first-order chi connectivity index (χ1) is 14.0. The van der Waals surface area contributed by atoms with Gasteiger partial charge < -0.3 is 18.9 Å². The zero-order chi connectivity index (χ0) is 22.6. The Morgan fingerprint density at radius 3 is 2.20 bits per heavy atom. The van der Waals surface area contributed by atoms with Crippen LogP contribution < -0.4 is 0 Å². The number of carbonyl (C=O) groups excluding carboxylic acids is 3. The maximum atomic E-state index is 13.7. The molecule has 0 spiro atoms. The number of carbonyl (C=O) groups is 3. The number of ether oxygens (including phenoxy) is 4. The first-order valence-corrected chi connectivity index (χ1v) is 10.3. The van der Waals surface area contributed by atoms with E-state index in [-0.39, 0.29) is 22.4 Å².